The van der Waals surface area contributed by atoms with Crippen molar-refractivity contribution in [2.24, 2.45) is 5.73 Å². The highest BCUT2D eigenvalue weighted by atomic mass is 16.6. The van der Waals surface area contributed by atoms with E-state index in [1.165, 1.54) is 19.1 Å². The van der Waals surface area contributed by atoms with Crippen LogP contribution in [0.5, 0.6) is 0 Å². The van der Waals surface area contributed by atoms with Gasteiger partial charge in [-0.05, 0) is 12.1 Å². The van der Waals surface area contributed by atoms with Crippen molar-refractivity contribution in [2.75, 3.05) is 6.61 Å². The number of esters is 3. The second-order valence-corrected chi connectivity index (χ2v) is 7.11. The fourth-order valence-electron chi connectivity index (χ4n) is 3.72. The van der Waals surface area contributed by atoms with Crippen LogP contribution in [-0.2, 0) is 33.3 Å². The Labute approximate surface area is 177 Å². The first-order chi connectivity index (χ1) is 14.6. The molecular weight excluding hydrogens is 412 g/mol. The van der Waals surface area contributed by atoms with E-state index in [4.69, 9.17) is 24.7 Å². The molecule has 166 valence electrons. The summed E-state index contributed by atoms with van der Waals surface area (Å²) in [6, 6.07) is 4.88. The third-order valence-electron chi connectivity index (χ3n) is 4.87. The minimum atomic E-state index is -1.35. The lowest BCUT2D eigenvalue weighted by atomic mass is 9.94. The fraction of sp³-hybridized carbons (Fsp3) is 0.450. The summed E-state index contributed by atoms with van der Waals surface area (Å²) in [5.41, 5.74) is 6.45. The number of imide groups is 1. The van der Waals surface area contributed by atoms with E-state index >= 15 is 0 Å². The van der Waals surface area contributed by atoms with E-state index in [0.29, 0.717) is 0 Å². The van der Waals surface area contributed by atoms with Crippen LogP contribution in [-0.4, -0.2) is 71.8 Å². The summed E-state index contributed by atoms with van der Waals surface area (Å²) in [5, 5.41) is 0. The molecule has 0 saturated carbocycles. The average Bonchev–Trinajstić information content (AvgIpc) is 2.93. The Morgan fingerprint density at radius 1 is 0.935 bits per heavy atom. The number of amides is 2. The standard InChI is InChI=1S/C20H22N2O9/c1-9(23)28-8-14-16(29-10(2)24)17(30-11(3)25)15(18(21)31-14)22-19(26)12-6-4-5-7-13(12)20(22)27/h4-7,14-18H,8,21H2,1-3H3/t14-,15-,16-,17-,18-/m1/s1. The lowest BCUT2D eigenvalue weighted by molar-refractivity contribution is -0.229. The van der Waals surface area contributed by atoms with Crippen molar-refractivity contribution in [1.29, 1.82) is 0 Å². The van der Waals surface area contributed by atoms with Crippen LogP contribution in [0.3, 0.4) is 0 Å². The SMILES string of the molecule is CC(=O)OC[C@H]1O[C@@H](N)[C@H](N2C(=O)c3ccccc3C2=O)[C@@H](OC(C)=O)[C@@H]1OC(C)=O. The topological polar surface area (TPSA) is 152 Å². The predicted molar refractivity (Wildman–Crippen MR) is 101 cm³/mol. The van der Waals surface area contributed by atoms with Crippen molar-refractivity contribution in [3.63, 3.8) is 0 Å². The minimum Gasteiger partial charge on any atom is -0.463 e. The van der Waals surface area contributed by atoms with Crippen LogP contribution in [0.2, 0.25) is 0 Å². The molecule has 2 aliphatic rings. The van der Waals surface area contributed by atoms with Gasteiger partial charge in [0.15, 0.2) is 12.2 Å². The second kappa shape index (κ2) is 8.82. The van der Waals surface area contributed by atoms with Crippen molar-refractivity contribution >= 4 is 29.7 Å². The number of hydrogen-bond donors (Lipinski definition) is 1. The van der Waals surface area contributed by atoms with Crippen LogP contribution in [0.4, 0.5) is 0 Å². The maximum atomic E-state index is 13.0. The number of nitrogens with two attached hydrogens (primary N) is 1. The average molecular weight is 434 g/mol. The van der Waals surface area contributed by atoms with Gasteiger partial charge in [0.05, 0.1) is 11.1 Å². The normalized spacial score (nSPS) is 27.5. The summed E-state index contributed by atoms with van der Waals surface area (Å²) in [6.45, 7) is 3.06. The number of fused-ring (bicyclic) bond motifs is 1. The highest BCUT2D eigenvalue weighted by Crippen LogP contribution is 2.33. The summed E-state index contributed by atoms with van der Waals surface area (Å²) >= 11 is 0. The summed E-state index contributed by atoms with van der Waals surface area (Å²) in [5.74, 6) is -3.42. The van der Waals surface area contributed by atoms with Crippen LogP contribution in [0.15, 0.2) is 24.3 Å². The lowest BCUT2D eigenvalue weighted by Gasteiger charge is -2.46. The fourth-order valence-corrected chi connectivity index (χ4v) is 3.72. The molecule has 11 nitrogen and oxygen atoms in total. The molecular formula is C20H22N2O9. The molecule has 2 N–H and O–H groups in total. The second-order valence-electron chi connectivity index (χ2n) is 7.11. The molecule has 31 heavy (non-hydrogen) atoms. The van der Waals surface area contributed by atoms with Gasteiger partial charge in [-0.25, -0.2) is 0 Å². The van der Waals surface area contributed by atoms with E-state index in [2.05, 4.69) is 0 Å². The van der Waals surface area contributed by atoms with Gasteiger partial charge in [-0.2, -0.15) is 0 Å². The Balaban J connectivity index is 2.01. The molecule has 0 bridgehead atoms. The highest BCUT2D eigenvalue weighted by Gasteiger charge is 2.55. The molecule has 2 heterocycles. The first-order valence-electron chi connectivity index (χ1n) is 9.47. The Hall–Kier alpha value is -3.31. The number of carbonyl (C=O) groups is 5. The van der Waals surface area contributed by atoms with E-state index in [-0.39, 0.29) is 17.7 Å². The highest BCUT2D eigenvalue weighted by molar-refractivity contribution is 6.21. The molecule has 1 saturated heterocycles. The molecule has 5 atom stereocenters. The molecule has 3 rings (SSSR count). The van der Waals surface area contributed by atoms with Crippen LogP contribution in [0, 0.1) is 0 Å². The van der Waals surface area contributed by atoms with Gasteiger partial charge in [0.25, 0.3) is 11.8 Å². The Morgan fingerprint density at radius 2 is 1.45 bits per heavy atom. The molecule has 2 amide bonds. The minimum absolute atomic E-state index is 0.160. The van der Waals surface area contributed by atoms with E-state index in [1.807, 2.05) is 0 Å². The van der Waals surface area contributed by atoms with Gasteiger partial charge in [0.1, 0.15) is 25.0 Å². The molecule has 1 fully saturated rings. The largest absolute Gasteiger partial charge is 0.463 e. The van der Waals surface area contributed by atoms with Gasteiger partial charge in [-0.3, -0.25) is 28.9 Å². The molecule has 11 heteroatoms. The molecule has 0 radical (unpaired) electrons. The van der Waals surface area contributed by atoms with E-state index in [9.17, 15) is 24.0 Å². The van der Waals surface area contributed by atoms with Crippen LogP contribution in [0.1, 0.15) is 41.5 Å². The lowest BCUT2D eigenvalue weighted by Crippen LogP contribution is -2.69. The van der Waals surface area contributed by atoms with Gasteiger partial charge >= 0.3 is 17.9 Å². The zero-order valence-corrected chi connectivity index (χ0v) is 17.1. The predicted octanol–water partition coefficient (Wildman–Crippen LogP) is -0.239. The monoisotopic (exact) mass is 434 g/mol. The van der Waals surface area contributed by atoms with Crippen molar-refractivity contribution < 1.29 is 42.9 Å². The maximum Gasteiger partial charge on any atom is 0.303 e. The number of benzene rings is 1. The number of rotatable bonds is 5. The summed E-state index contributed by atoms with van der Waals surface area (Å²) < 4.78 is 21.3. The first kappa shape index (κ1) is 22.4. The van der Waals surface area contributed by atoms with Crippen LogP contribution >= 0.6 is 0 Å². The molecule has 0 aromatic heterocycles. The smallest absolute Gasteiger partial charge is 0.303 e. The van der Waals surface area contributed by atoms with E-state index in [0.717, 1.165) is 18.7 Å². The third kappa shape index (κ3) is 4.42. The Bertz CT molecular complexity index is 896. The molecule has 0 unspecified atom stereocenters. The molecule has 1 aromatic rings. The van der Waals surface area contributed by atoms with Gasteiger partial charge in [-0.15, -0.1) is 0 Å². The number of hydrogen-bond acceptors (Lipinski definition) is 10. The van der Waals surface area contributed by atoms with Gasteiger partial charge in [-0.1, -0.05) is 12.1 Å². The summed E-state index contributed by atoms with van der Waals surface area (Å²) in [7, 11) is 0. The summed E-state index contributed by atoms with van der Waals surface area (Å²) in [6.07, 6.45) is -5.07. The zero-order chi connectivity index (χ0) is 22.9. The van der Waals surface area contributed by atoms with Gasteiger partial charge < -0.3 is 24.7 Å². The summed E-state index contributed by atoms with van der Waals surface area (Å²) in [4.78, 5) is 61.6. The van der Waals surface area contributed by atoms with Crippen molar-refractivity contribution in [1.82, 2.24) is 4.90 Å². The van der Waals surface area contributed by atoms with Gasteiger partial charge in [0.2, 0.25) is 0 Å². The van der Waals surface area contributed by atoms with Crippen LogP contribution < -0.4 is 5.73 Å². The number of nitrogens with zero attached hydrogens (tertiary/aromatic N) is 1. The number of carbonyl (C=O) groups excluding carboxylic acids is 5. The van der Waals surface area contributed by atoms with Crippen molar-refractivity contribution in [2.45, 2.75) is 51.4 Å². The van der Waals surface area contributed by atoms with Crippen molar-refractivity contribution in [3.8, 4) is 0 Å². The molecule has 0 aliphatic carbocycles. The zero-order valence-electron chi connectivity index (χ0n) is 17.1. The third-order valence-corrected chi connectivity index (χ3v) is 4.87. The molecule has 0 spiro atoms. The van der Waals surface area contributed by atoms with Crippen LogP contribution in [0.25, 0.3) is 0 Å². The number of ether oxygens (including phenoxy) is 4. The Morgan fingerprint density at radius 3 is 1.94 bits per heavy atom. The Kier molecular flexibility index (Phi) is 6.37. The van der Waals surface area contributed by atoms with E-state index < -0.39 is 60.3 Å². The van der Waals surface area contributed by atoms with Crippen molar-refractivity contribution in [3.05, 3.63) is 35.4 Å². The first-order valence-corrected chi connectivity index (χ1v) is 9.47. The maximum absolute atomic E-state index is 13.0. The van der Waals surface area contributed by atoms with Gasteiger partial charge in [0, 0.05) is 20.8 Å². The van der Waals surface area contributed by atoms with E-state index in [1.54, 1.807) is 12.1 Å². The molecule has 2 aliphatic heterocycles. The quantitative estimate of drug-likeness (QED) is 0.373. The molecule has 1 aromatic carbocycles.